The number of nitrogens with zero attached hydrogens (tertiary/aromatic N) is 1. The summed E-state index contributed by atoms with van der Waals surface area (Å²) >= 11 is 6.00. The fourth-order valence-electron chi connectivity index (χ4n) is 2.02. The Morgan fingerprint density at radius 3 is 2.65 bits per heavy atom. The van der Waals surface area contributed by atoms with Gasteiger partial charge in [-0.15, -0.1) is 0 Å². The molecule has 2 rings (SSSR count). The van der Waals surface area contributed by atoms with E-state index in [9.17, 15) is 4.79 Å². The van der Waals surface area contributed by atoms with Crippen LogP contribution in [-0.4, -0.2) is 18.7 Å². The lowest BCUT2D eigenvalue weighted by molar-refractivity contribution is -0.123. The normalized spacial score (nSPS) is 11.0. The van der Waals surface area contributed by atoms with Gasteiger partial charge in [0.25, 0.3) is 5.91 Å². The number of ether oxygens (including phenoxy) is 1. The Balaban J connectivity index is 1.88. The predicted octanol–water partition coefficient (Wildman–Crippen LogP) is 3.99. The number of halogens is 1. The Hall–Kier alpha value is -2.33. The molecule has 4 nitrogen and oxygen atoms in total. The van der Waals surface area contributed by atoms with Crippen molar-refractivity contribution in [3.05, 3.63) is 64.7 Å². The zero-order valence-corrected chi connectivity index (χ0v) is 13.9. The maximum absolute atomic E-state index is 11.8. The third-order valence-electron chi connectivity index (χ3n) is 3.20. The number of hydrazone groups is 1. The SMILES string of the molecule is CC(C)c1ccccc1OCC(=O)N/N=C/c1ccccc1Cl. The number of amides is 1. The molecule has 23 heavy (non-hydrogen) atoms. The molecule has 2 aromatic carbocycles. The molecular formula is C18H19ClN2O2. The second-order valence-corrected chi connectivity index (χ2v) is 5.70. The lowest BCUT2D eigenvalue weighted by Crippen LogP contribution is -2.24. The summed E-state index contributed by atoms with van der Waals surface area (Å²) < 4.78 is 5.57. The summed E-state index contributed by atoms with van der Waals surface area (Å²) in [7, 11) is 0. The summed E-state index contributed by atoms with van der Waals surface area (Å²) in [4.78, 5) is 11.8. The van der Waals surface area contributed by atoms with Gasteiger partial charge in [-0.05, 0) is 23.6 Å². The molecule has 1 amide bonds. The number of nitrogens with one attached hydrogen (secondary N) is 1. The highest BCUT2D eigenvalue weighted by atomic mass is 35.5. The van der Waals surface area contributed by atoms with Crippen molar-refractivity contribution >= 4 is 23.7 Å². The van der Waals surface area contributed by atoms with Gasteiger partial charge in [-0.25, -0.2) is 5.43 Å². The molecule has 0 saturated heterocycles. The quantitative estimate of drug-likeness (QED) is 0.643. The van der Waals surface area contributed by atoms with E-state index < -0.39 is 0 Å². The summed E-state index contributed by atoms with van der Waals surface area (Å²) in [5.41, 5.74) is 4.23. The number of hydrogen-bond donors (Lipinski definition) is 1. The summed E-state index contributed by atoms with van der Waals surface area (Å²) in [5.74, 6) is 0.715. The highest BCUT2D eigenvalue weighted by molar-refractivity contribution is 6.33. The third kappa shape index (κ3) is 5.11. The smallest absolute Gasteiger partial charge is 0.277 e. The Kier molecular flexibility index (Phi) is 6.18. The van der Waals surface area contributed by atoms with Gasteiger partial charge in [0.1, 0.15) is 5.75 Å². The van der Waals surface area contributed by atoms with Crippen molar-refractivity contribution in [2.24, 2.45) is 5.10 Å². The summed E-state index contributed by atoms with van der Waals surface area (Å²) in [6.45, 7) is 4.07. The van der Waals surface area contributed by atoms with Crippen LogP contribution in [0.5, 0.6) is 5.75 Å². The number of para-hydroxylation sites is 1. The van der Waals surface area contributed by atoms with Crippen LogP contribution in [-0.2, 0) is 4.79 Å². The number of carbonyl (C=O) groups is 1. The standard InChI is InChI=1S/C18H19ClN2O2/c1-13(2)15-8-4-6-10-17(15)23-12-18(22)21-20-11-14-7-3-5-9-16(14)19/h3-11,13H,12H2,1-2H3,(H,21,22)/b20-11+. The van der Waals surface area contributed by atoms with Crippen LogP contribution < -0.4 is 10.2 Å². The van der Waals surface area contributed by atoms with E-state index in [0.717, 1.165) is 11.1 Å². The largest absolute Gasteiger partial charge is 0.483 e. The number of benzene rings is 2. The maximum atomic E-state index is 11.8. The first-order valence-corrected chi connectivity index (χ1v) is 7.74. The van der Waals surface area contributed by atoms with Crippen molar-refractivity contribution in [3.63, 3.8) is 0 Å². The Morgan fingerprint density at radius 1 is 1.22 bits per heavy atom. The first-order valence-electron chi connectivity index (χ1n) is 7.36. The molecule has 0 aliphatic rings. The Labute approximate surface area is 141 Å². The highest BCUT2D eigenvalue weighted by Crippen LogP contribution is 2.25. The Morgan fingerprint density at radius 2 is 1.91 bits per heavy atom. The van der Waals surface area contributed by atoms with E-state index >= 15 is 0 Å². The molecule has 0 unspecified atom stereocenters. The third-order valence-corrected chi connectivity index (χ3v) is 3.54. The van der Waals surface area contributed by atoms with Gasteiger partial charge in [0.05, 0.1) is 6.21 Å². The van der Waals surface area contributed by atoms with Crippen molar-refractivity contribution in [2.45, 2.75) is 19.8 Å². The molecule has 0 heterocycles. The molecule has 0 spiro atoms. The molecule has 120 valence electrons. The van der Waals surface area contributed by atoms with Crippen molar-refractivity contribution in [3.8, 4) is 5.75 Å². The van der Waals surface area contributed by atoms with Gasteiger partial charge in [-0.1, -0.05) is 61.8 Å². The van der Waals surface area contributed by atoms with E-state index in [0.29, 0.717) is 16.7 Å². The molecule has 0 aliphatic carbocycles. The minimum atomic E-state index is -0.327. The van der Waals surface area contributed by atoms with Gasteiger partial charge >= 0.3 is 0 Å². The molecule has 0 saturated carbocycles. The minimum Gasteiger partial charge on any atom is -0.483 e. The van der Waals surface area contributed by atoms with E-state index in [1.807, 2.05) is 42.5 Å². The lowest BCUT2D eigenvalue weighted by atomic mass is 10.0. The first-order chi connectivity index (χ1) is 11.1. The highest BCUT2D eigenvalue weighted by Gasteiger charge is 2.08. The predicted molar refractivity (Wildman–Crippen MR) is 93.2 cm³/mol. The van der Waals surface area contributed by atoms with Crippen LogP contribution >= 0.6 is 11.6 Å². The molecule has 0 bridgehead atoms. The van der Waals surface area contributed by atoms with Gasteiger partial charge < -0.3 is 4.74 Å². The van der Waals surface area contributed by atoms with E-state index in [4.69, 9.17) is 16.3 Å². The van der Waals surface area contributed by atoms with Crippen molar-refractivity contribution < 1.29 is 9.53 Å². The van der Waals surface area contributed by atoms with Crippen molar-refractivity contribution in [1.82, 2.24) is 5.43 Å². The van der Waals surface area contributed by atoms with Crippen LogP contribution in [0.3, 0.4) is 0 Å². The molecule has 0 aliphatic heterocycles. The molecule has 2 aromatic rings. The van der Waals surface area contributed by atoms with Crippen LogP contribution in [0.1, 0.15) is 30.9 Å². The van der Waals surface area contributed by atoms with Gasteiger partial charge in [0.2, 0.25) is 0 Å². The van der Waals surface area contributed by atoms with Gasteiger partial charge in [-0.3, -0.25) is 4.79 Å². The van der Waals surface area contributed by atoms with Gasteiger partial charge in [0, 0.05) is 10.6 Å². The molecule has 0 atom stereocenters. The summed E-state index contributed by atoms with van der Waals surface area (Å²) in [6.07, 6.45) is 1.50. The molecule has 1 N–H and O–H groups in total. The topological polar surface area (TPSA) is 50.7 Å². The molecule has 5 heteroatoms. The van der Waals surface area contributed by atoms with Gasteiger partial charge in [-0.2, -0.15) is 5.10 Å². The summed E-state index contributed by atoms with van der Waals surface area (Å²) in [6, 6.07) is 14.9. The van der Waals surface area contributed by atoms with E-state index in [1.165, 1.54) is 6.21 Å². The van der Waals surface area contributed by atoms with Crippen LogP contribution in [0.4, 0.5) is 0 Å². The van der Waals surface area contributed by atoms with E-state index in [1.54, 1.807) is 6.07 Å². The van der Waals surface area contributed by atoms with Crippen LogP contribution in [0.15, 0.2) is 53.6 Å². The van der Waals surface area contributed by atoms with Crippen molar-refractivity contribution in [2.75, 3.05) is 6.61 Å². The molecule has 0 fully saturated rings. The van der Waals surface area contributed by atoms with Crippen LogP contribution in [0.25, 0.3) is 0 Å². The molecular weight excluding hydrogens is 312 g/mol. The first kappa shape index (κ1) is 17.0. The van der Waals surface area contributed by atoms with Crippen LogP contribution in [0.2, 0.25) is 5.02 Å². The zero-order chi connectivity index (χ0) is 16.7. The monoisotopic (exact) mass is 330 g/mol. The Bertz CT molecular complexity index is 699. The number of rotatable bonds is 6. The molecule has 0 radical (unpaired) electrons. The fourth-order valence-corrected chi connectivity index (χ4v) is 2.20. The summed E-state index contributed by atoms with van der Waals surface area (Å²) in [5, 5.41) is 4.46. The number of carbonyl (C=O) groups excluding carboxylic acids is 1. The maximum Gasteiger partial charge on any atom is 0.277 e. The molecule has 0 aromatic heterocycles. The average molecular weight is 331 g/mol. The number of hydrogen-bond acceptors (Lipinski definition) is 3. The lowest BCUT2D eigenvalue weighted by Gasteiger charge is -2.12. The van der Waals surface area contributed by atoms with Crippen LogP contribution in [0, 0.1) is 0 Å². The van der Waals surface area contributed by atoms with E-state index in [-0.39, 0.29) is 12.5 Å². The minimum absolute atomic E-state index is 0.0937. The average Bonchev–Trinajstić information content (AvgIpc) is 2.55. The second kappa shape index (κ2) is 8.34. The second-order valence-electron chi connectivity index (χ2n) is 5.30. The fraction of sp³-hybridized carbons (Fsp3) is 0.222. The van der Waals surface area contributed by atoms with Gasteiger partial charge in [0.15, 0.2) is 6.61 Å². The zero-order valence-electron chi connectivity index (χ0n) is 13.1. The van der Waals surface area contributed by atoms with Crippen molar-refractivity contribution in [1.29, 1.82) is 0 Å². The van der Waals surface area contributed by atoms with E-state index in [2.05, 4.69) is 24.4 Å².